The summed E-state index contributed by atoms with van der Waals surface area (Å²) >= 11 is 1.13. The van der Waals surface area contributed by atoms with Gasteiger partial charge in [-0.1, -0.05) is 11.3 Å². The lowest BCUT2D eigenvalue weighted by Crippen LogP contribution is -2.17. The fourth-order valence-corrected chi connectivity index (χ4v) is 3.56. The molecule has 9 nitrogen and oxygen atoms in total. The standard InChI is InChI=1S/C17H13N3O6S/c1-24-13-7-10(20(22)23)8-14-15(13)18-17(27-14)19-16(21)9-2-3-11-12(6-9)26-5-4-25-11/h2-3,6-8H,4-5H2,1H3,(H,18,19,21). The Labute approximate surface area is 156 Å². The van der Waals surface area contributed by atoms with Crippen LogP contribution in [-0.2, 0) is 0 Å². The van der Waals surface area contributed by atoms with Crippen molar-refractivity contribution in [2.45, 2.75) is 0 Å². The second kappa shape index (κ2) is 6.72. The summed E-state index contributed by atoms with van der Waals surface area (Å²) in [6, 6.07) is 7.60. The quantitative estimate of drug-likeness (QED) is 0.540. The third-order valence-electron chi connectivity index (χ3n) is 3.90. The van der Waals surface area contributed by atoms with Gasteiger partial charge >= 0.3 is 0 Å². The average Bonchev–Trinajstić information content (AvgIpc) is 3.09. The number of anilines is 1. The molecule has 27 heavy (non-hydrogen) atoms. The van der Waals surface area contributed by atoms with Crippen LogP contribution in [0.5, 0.6) is 17.2 Å². The maximum Gasteiger partial charge on any atom is 0.274 e. The highest BCUT2D eigenvalue weighted by Gasteiger charge is 2.19. The molecule has 0 spiro atoms. The molecular formula is C17H13N3O6S. The van der Waals surface area contributed by atoms with Gasteiger partial charge in [0.15, 0.2) is 22.4 Å². The molecule has 1 aliphatic rings. The molecule has 4 rings (SSSR count). The fraction of sp³-hybridized carbons (Fsp3) is 0.176. The van der Waals surface area contributed by atoms with E-state index in [4.69, 9.17) is 14.2 Å². The number of nitro benzene ring substituents is 1. The number of hydrogen-bond acceptors (Lipinski definition) is 8. The molecule has 0 saturated carbocycles. The van der Waals surface area contributed by atoms with Crippen LogP contribution in [0, 0.1) is 10.1 Å². The molecule has 0 radical (unpaired) electrons. The molecule has 2 aromatic carbocycles. The smallest absolute Gasteiger partial charge is 0.274 e. The molecule has 0 aliphatic carbocycles. The number of ether oxygens (including phenoxy) is 3. The van der Waals surface area contributed by atoms with Crippen LogP contribution in [-0.4, -0.2) is 36.1 Å². The molecular weight excluding hydrogens is 374 g/mol. The van der Waals surface area contributed by atoms with Gasteiger partial charge in [0.2, 0.25) is 0 Å². The Hall–Kier alpha value is -3.40. The first-order valence-electron chi connectivity index (χ1n) is 7.89. The van der Waals surface area contributed by atoms with Crippen LogP contribution in [0.2, 0.25) is 0 Å². The third-order valence-corrected chi connectivity index (χ3v) is 4.82. The number of amides is 1. The molecule has 0 unspecified atom stereocenters. The fourth-order valence-electron chi connectivity index (χ4n) is 2.65. The number of nitrogens with zero attached hydrogens (tertiary/aromatic N) is 2. The summed E-state index contributed by atoms with van der Waals surface area (Å²) in [6.45, 7) is 0.896. The molecule has 1 aromatic heterocycles. The number of carbonyl (C=O) groups is 1. The van der Waals surface area contributed by atoms with Gasteiger partial charge in [0.1, 0.15) is 18.7 Å². The Morgan fingerprint density at radius 2 is 2.04 bits per heavy atom. The van der Waals surface area contributed by atoms with E-state index in [0.29, 0.717) is 45.6 Å². The van der Waals surface area contributed by atoms with E-state index in [-0.39, 0.29) is 17.3 Å². The van der Waals surface area contributed by atoms with Crippen molar-refractivity contribution in [1.29, 1.82) is 0 Å². The lowest BCUT2D eigenvalue weighted by atomic mass is 10.2. The van der Waals surface area contributed by atoms with Crippen LogP contribution < -0.4 is 19.5 Å². The first-order valence-corrected chi connectivity index (χ1v) is 8.71. The van der Waals surface area contributed by atoms with Gasteiger partial charge in [-0.15, -0.1) is 0 Å². The van der Waals surface area contributed by atoms with Gasteiger partial charge in [0, 0.05) is 11.6 Å². The van der Waals surface area contributed by atoms with Crippen molar-refractivity contribution in [2.24, 2.45) is 0 Å². The van der Waals surface area contributed by atoms with Gasteiger partial charge in [-0.2, -0.15) is 0 Å². The molecule has 1 aliphatic heterocycles. The van der Waals surface area contributed by atoms with Gasteiger partial charge in [0.05, 0.1) is 22.8 Å². The molecule has 1 N–H and O–H groups in total. The Balaban J connectivity index is 1.63. The SMILES string of the molecule is COc1cc([N+](=O)[O-])cc2sc(NC(=O)c3ccc4c(c3)OCCO4)nc12. The first-order chi connectivity index (χ1) is 13.0. The zero-order chi connectivity index (χ0) is 19.0. The number of non-ortho nitro benzene ring substituents is 1. The van der Waals surface area contributed by atoms with Crippen molar-refractivity contribution in [3.63, 3.8) is 0 Å². The Morgan fingerprint density at radius 3 is 2.78 bits per heavy atom. The zero-order valence-corrected chi connectivity index (χ0v) is 14.9. The van der Waals surface area contributed by atoms with Crippen LogP contribution >= 0.6 is 11.3 Å². The predicted octanol–water partition coefficient (Wildman–Crippen LogP) is 3.24. The summed E-state index contributed by atoms with van der Waals surface area (Å²) in [4.78, 5) is 27.4. The lowest BCUT2D eigenvalue weighted by Gasteiger charge is -2.18. The second-order valence-corrected chi connectivity index (χ2v) is 6.61. The molecule has 138 valence electrons. The number of aromatic nitrogens is 1. The summed E-state index contributed by atoms with van der Waals surface area (Å²) in [7, 11) is 1.41. The lowest BCUT2D eigenvalue weighted by molar-refractivity contribution is -0.384. The average molecular weight is 387 g/mol. The van der Waals surface area contributed by atoms with Crippen molar-refractivity contribution in [3.8, 4) is 17.2 Å². The van der Waals surface area contributed by atoms with Gasteiger partial charge in [-0.25, -0.2) is 4.98 Å². The summed E-state index contributed by atoms with van der Waals surface area (Å²) in [5, 5.41) is 14.1. The topological polar surface area (TPSA) is 113 Å². The van der Waals surface area contributed by atoms with Gasteiger partial charge in [-0.3, -0.25) is 20.2 Å². The van der Waals surface area contributed by atoms with Crippen LogP contribution in [0.25, 0.3) is 10.2 Å². The first kappa shape index (κ1) is 17.0. The number of fused-ring (bicyclic) bond motifs is 2. The van der Waals surface area contributed by atoms with Gasteiger partial charge < -0.3 is 14.2 Å². The molecule has 0 saturated heterocycles. The maximum atomic E-state index is 12.5. The van der Waals surface area contributed by atoms with Crippen LogP contribution in [0.15, 0.2) is 30.3 Å². The van der Waals surface area contributed by atoms with Crippen molar-refractivity contribution < 1.29 is 23.9 Å². The highest BCUT2D eigenvalue weighted by atomic mass is 32.1. The monoisotopic (exact) mass is 387 g/mol. The molecule has 3 aromatic rings. The maximum absolute atomic E-state index is 12.5. The van der Waals surface area contributed by atoms with Crippen molar-refractivity contribution in [3.05, 3.63) is 46.0 Å². The third kappa shape index (κ3) is 3.22. The van der Waals surface area contributed by atoms with Crippen molar-refractivity contribution in [2.75, 3.05) is 25.6 Å². The number of benzene rings is 2. The van der Waals surface area contributed by atoms with Crippen LogP contribution in [0.3, 0.4) is 0 Å². The van der Waals surface area contributed by atoms with E-state index in [2.05, 4.69) is 10.3 Å². The van der Waals surface area contributed by atoms with E-state index < -0.39 is 4.92 Å². The molecule has 0 fully saturated rings. The van der Waals surface area contributed by atoms with Gasteiger partial charge in [-0.05, 0) is 18.2 Å². The molecule has 0 atom stereocenters. The number of hydrogen-bond donors (Lipinski definition) is 1. The number of nitrogens with one attached hydrogen (secondary N) is 1. The number of thiazole rings is 1. The summed E-state index contributed by atoms with van der Waals surface area (Å²) in [6.07, 6.45) is 0. The summed E-state index contributed by atoms with van der Waals surface area (Å²) in [5.41, 5.74) is 0.731. The van der Waals surface area contributed by atoms with Crippen LogP contribution in [0.1, 0.15) is 10.4 Å². The molecule has 1 amide bonds. The van der Waals surface area contributed by atoms with E-state index in [1.54, 1.807) is 18.2 Å². The number of nitro groups is 1. The van der Waals surface area contributed by atoms with E-state index in [9.17, 15) is 14.9 Å². The van der Waals surface area contributed by atoms with Crippen molar-refractivity contribution in [1.82, 2.24) is 4.98 Å². The Bertz CT molecular complexity index is 1060. The summed E-state index contributed by atoms with van der Waals surface area (Å²) < 4.78 is 16.6. The minimum absolute atomic E-state index is 0.104. The van der Waals surface area contributed by atoms with E-state index in [0.717, 1.165) is 11.3 Å². The Morgan fingerprint density at radius 1 is 1.26 bits per heavy atom. The van der Waals surface area contributed by atoms with E-state index >= 15 is 0 Å². The number of carbonyl (C=O) groups excluding carboxylic acids is 1. The minimum Gasteiger partial charge on any atom is -0.494 e. The zero-order valence-electron chi connectivity index (χ0n) is 14.1. The predicted molar refractivity (Wildman–Crippen MR) is 98.2 cm³/mol. The molecule has 10 heteroatoms. The molecule has 0 bridgehead atoms. The largest absolute Gasteiger partial charge is 0.494 e. The Kier molecular flexibility index (Phi) is 4.24. The summed E-state index contributed by atoms with van der Waals surface area (Å²) in [5.74, 6) is 1.00. The second-order valence-electron chi connectivity index (χ2n) is 5.58. The van der Waals surface area contributed by atoms with E-state index in [1.807, 2.05) is 0 Å². The highest BCUT2D eigenvalue weighted by Crippen LogP contribution is 2.36. The molecule has 2 heterocycles. The van der Waals surface area contributed by atoms with Crippen molar-refractivity contribution >= 4 is 38.3 Å². The highest BCUT2D eigenvalue weighted by molar-refractivity contribution is 7.22. The number of methoxy groups -OCH3 is 1. The van der Waals surface area contributed by atoms with Crippen LogP contribution in [0.4, 0.5) is 10.8 Å². The number of rotatable bonds is 4. The van der Waals surface area contributed by atoms with E-state index in [1.165, 1.54) is 19.2 Å². The van der Waals surface area contributed by atoms with Gasteiger partial charge in [0.25, 0.3) is 11.6 Å². The minimum atomic E-state index is -0.505. The normalized spacial score (nSPS) is 12.6.